The zero-order valence-electron chi connectivity index (χ0n) is 11.5. The smallest absolute Gasteiger partial charge is 0.154 e. The summed E-state index contributed by atoms with van der Waals surface area (Å²) in [5.74, 6) is 0.468. The van der Waals surface area contributed by atoms with E-state index < -0.39 is 0 Å². The van der Waals surface area contributed by atoms with Crippen molar-refractivity contribution in [2.45, 2.75) is 26.8 Å². The van der Waals surface area contributed by atoms with Crippen molar-refractivity contribution in [3.8, 4) is 0 Å². The molecule has 0 aliphatic carbocycles. The maximum Gasteiger partial charge on any atom is 0.154 e. The second-order valence-corrected chi connectivity index (χ2v) is 4.56. The minimum Gasteiger partial charge on any atom is -0.394 e. The Balaban J connectivity index is 2.49. The highest BCUT2D eigenvalue weighted by Gasteiger charge is 2.19. The van der Waals surface area contributed by atoms with Gasteiger partial charge in [-0.15, -0.1) is 0 Å². The summed E-state index contributed by atoms with van der Waals surface area (Å²) in [5.41, 5.74) is 7.93. The minimum atomic E-state index is -0.272. The summed E-state index contributed by atoms with van der Waals surface area (Å²) in [4.78, 5) is 1.75. The van der Waals surface area contributed by atoms with Crippen molar-refractivity contribution in [3.63, 3.8) is 0 Å². The molecule has 0 saturated carbocycles. The molecule has 0 aliphatic rings. The normalized spacial score (nSPS) is 10.7. The number of hydrogen-bond acceptors (Lipinski definition) is 3. The number of nitrogens with two attached hydrogens (primary N) is 1. The van der Waals surface area contributed by atoms with Gasteiger partial charge in [-0.1, -0.05) is 19.1 Å². The first kappa shape index (κ1) is 13.4. The van der Waals surface area contributed by atoms with Gasteiger partial charge in [-0.2, -0.15) is 5.10 Å². The molecule has 2 rings (SSSR count). The van der Waals surface area contributed by atoms with E-state index >= 15 is 0 Å². The number of anilines is 3. The Morgan fingerprint density at radius 1 is 1.37 bits per heavy atom. The molecule has 1 aromatic heterocycles. The van der Waals surface area contributed by atoms with Gasteiger partial charge in [0.25, 0.3) is 0 Å². The van der Waals surface area contributed by atoms with Crippen molar-refractivity contribution in [1.82, 2.24) is 9.78 Å². The van der Waals surface area contributed by atoms with E-state index in [4.69, 9.17) is 5.73 Å². The van der Waals surface area contributed by atoms with Crippen LogP contribution >= 0.6 is 0 Å². The van der Waals surface area contributed by atoms with Gasteiger partial charge >= 0.3 is 0 Å². The van der Waals surface area contributed by atoms with E-state index in [-0.39, 0.29) is 5.82 Å². The molecule has 1 aromatic carbocycles. The lowest BCUT2D eigenvalue weighted by atomic mass is 10.2. The van der Waals surface area contributed by atoms with Gasteiger partial charge in [0.15, 0.2) is 5.82 Å². The molecule has 0 saturated heterocycles. The molecule has 0 spiro atoms. The van der Waals surface area contributed by atoms with Gasteiger partial charge in [-0.05, 0) is 25.5 Å². The lowest BCUT2D eigenvalue weighted by Crippen LogP contribution is -2.17. The van der Waals surface area contributed by atoms with E-state index in [9.17, 15) is 4.39 Å². The van der Waals surface area contributed by atoms with Crippen LogP contribution in [0.1, 0.15) is 19.0 Å². The molecule has 1 heterocycles. The molecular weight excluding hydrogens is 243 g/mol. The summed E-state index contributed by atoms with van der Waals surface area (Å²) in [5, 5.41) is 4.40. The van der Waals surface area contributed by atoms with Crippen LogP contribution in [-0.4, -0.2) is 16.8 Å². The van der Waals surface area contributed by atoms with Crippen LogP contribution in [-0.2, 0) is 6.54 Å². The minimum absolute atomic E-state index is 0.272. The monoisotopic (exact) mass is 262 g/mol. The van der Waals surface area contributed by atoms with E-state index in [1.54, 1.807) is 30.1 Å². The molecule has 0 atom stereocenters. The van der Waals surface area contributed by atoms with Crippen molar-refractivity contribution in [2.24, 2.45) is 0 Å². The molecule has 0 bridgehead atoms. The fourth-order valence-electron chi connectivity index (χ4n) is 2.14. The van der Waals surface area contributed by atoms with Crippen LogP contribution in [0.5, 0.6) is 0 Å². The molecule has 0 unspecified atom stereocenters. The summed E-state index contributed by atoms with van der Waals surface area (Å²) in [7, 11) is 1.80. The predicted molar refractivity (Wildman–Crippen MR) is 76.1 cm³/mol. The zero-order chi connectivity index (χ0) is 14.0. The van der Waals surface area contributed by atoms with Crippen LogP contribution in [0.25, 0.3) is 0 Å². The second kappa shape index (κ2) is 5.30. The number of para-hydroxylation sites is 1. The molecule has 4 nitrogen and oxygen atoms in total. The maximum atomic E-state index is 13.9. The Hall–Kier alpha value is -2.04. The number of aryl methyl sites for hydroxylation is 2. The van der Waals surface area contributed by atoms with Crippen molar-refractivity contribution in [2.75, 3.05) is 17.7 Å². The van der Waals surface area contributed by atoms with Crippen LogP contribution in [0.15, 0.2) is 24.3 Å². The first-order valence-corrected chi connectivity index (χ1v) is 6.37. The fourth-order valence-corrected chi connectivity index (χ4v) is 2.14. The molecule has 2 N–H and O–H groups in total. The van der Waals surface area contributed by atoms with E-state index in [1.165, 1.54) is 6.07 Å². The van der Waals surface area contributed by atoms with Gasteiger partial charge in [0.2, 0.25) is 0 Å². The van der Waals surface area contributed by atoms with Gasteiger partial charge in [-0.3, -0.25) is 0 Å². The number of benzene rings is 1. The summed E-state index contributed by atoms with van der Waals surface area (Å²) in [6.07, 6.45) is 0.943. The van der Waals surface area contributed by atoms with E-state index in [1.807, 2.05) is 11.6 Å². The first-order valence-electron chi connectivity index (χ1n) is 6.37. The Morgan fingerprint density at radius 3 is 2.68 bits per heavy atom. The first-order chi connectivity index (χ1) is 9.06. The Kier molecular flexibility index (Phi) is 3.74. The molecule has 102 valence electrons. The number of nitrogen functional groups attached to an aromatic ring is 1. The third kappa shape index (κ3) is 2.41. The fraction of sp³-hybridized carbons (Fsp3) is 0.357. The highest BCUT2D eigenvalue weighted by Crippen LogP contribution is 2.32. The van der Waals surface area contributed by atoms with Crippen LogP contribution in [0, 0.1) is 12.7 Å². The zero-order valence-corrected chi connectivity index (χ0v) is 11.5. The quantitative estimate of drug-likeness (QED) is 0.921. The predicted octanol–water partition coefficient (Wildman–Crippen LogP) is 3.09. The second-order valence-electron chi connectivity index (χ2n) is 4.56. The Bertz CT molecular complexity index is 577. The third-order valence-electron chi connectivity index (χ3n) is 3.11. The highest BCUT2D eigenvalue weighted by molar-refractivity contribution is 5.73. The van der Waals surface area contributed by atoms with Crippen LogP contribution < -0.4 is 10.6 Å². The number of hydrogen-bond donors (Lipinski definition) is 1. The van der Waals surface area contributed by atoms with Crippen molar-refractivity contribution in [1.29, 1.82) is 0 Å². The SMILES string of the molecule is CCCn1nc(C)c(N)c1N(C)c1ccccc1F. The summed E-state index contributed by atoms with van der Waals surface area (Å²) >= 11 is 0. The van der Waals surface area contributed by atoms with Gasteiger partial charge in [0.1, 0.15) is 5.82 Å². The van der Waals surface area contributed by atoms with E-state index in [0.717, 1.165) is 24.5 Å². The number of aromatic nitrogens is 2. The topological polar surface area (TPSA) is 47.1 Å². The van der Waals surface area contributed by atoms with Crippen LogP contribution in [0.4, 0.5) is 21.6 Å². The summed E-state index contributed by atoms with van der Waals surface area (Å²) < 4.78 is 15.7. The van der Waals surface area contributed by atoms with Gasteiger partial charge in [0, 0.05) is 13.6 Å². The molecule has 19 heavy (non-hydrogen) atoms. The highest BCUT2D eigenvalue weighted by atomic mass is 19.1. The largest absolute Gasteiger partial charge is 0.394 e. The lowest BCUT2D eigenvalue weighted by molar-refractivity contribution is 0.594. The molecule has 2 aromatic rings. The maximum absolute atomic E-state index is 13.9. The number of nitrogens with zero attached hydrogens (tertiary/aromatic N) is 3. The molecule has 0 amide bonds. The summed E-state index contributed by atoms with van der Waals surface area (Å²) in [6.45, 7) is 4.69. The molecule has 5 heteroatoms. The van der Waals surface area contributed by atoms with Gasteiger partial charge in [0.05, 0.1) is 17.1 Å². The number of rotatable bonds is 4. The van der Waals surface area contributed by atoms with Crippen LogP contribution in [0.3, 0.4) is 0 Å². The molecular formula is C14H19FN4. The third-order valence-corrected chi connectivity index (χ3v) is 3.11. The molecule has 0 aliphatic heterocycles. The van der Waals surface area contributed by atoms with E-state index in [0.29, 0.717) is 11.4 Å². The van der Waals surface area contributed by atoms with Crippen molar-refractivity contribution in [3.05, 3.63) is 35.8 Å². The Morgan fingerprint density at radius 2 is 2.05 bits per heavy atom. The molecule has 0 fully saturated rings. The van der Waals surface area contributed by atoms with Crippen molar-refractivity contribution < 1.29 is 4.39 Å². The Labute approximate surface area is 112 Å². The van der Waals surface area contributed by atoms with Crippen molar-refractivity contribution >= 4 is 17.2 Å². The molecule has 0 radical (unpaired) electrons. The average molecular weight is 262 g/mol. The van der Waals surface area contributed by atoms with Crippen LogP contribution in [0.2, 0.25) is 0 Å². The lowest BCUT2D eigenvalue weighted by Gasteiger charge is -2.21. The average Bonchev–Trinajstić information content (AvgIpc) is 2.65. The van der Waals surface area contributed by atoms with Gasteiger partial charge in [-0.25, -0.2) is 9.07 Å². The number of halogens is 1. The van der Waals surface area contributed by atoms with Gasteiger partial charge < -0.3 is 10.6 Å². The summed E-state index contributed by atoms with van der Waals surface area (Å²) in [6, 6.07) is 6.64. The standard InChI is InChI=1S/C14H19FN4/c1-4-9-19-14(13(16)10(2)17-19)18(3)12-8-6-5-7-11(12)15/h5-8H,4,9,16H2,1-3H3. The van der Waals surface area contributed by atoms with E-state index in [2.05, 4.69) is 12.0 Å².